The molecule has 0 bridgehead atoms. The Morgan fingerprint density at radius 3 is 2.65 bits per heavy atom. The van der Waals surface area contributed by atoms with Gasteiger partial charge in [0, 0.05) is 19.1 Å². The van der Waals surface area contributed by atoms with Gasteiger partial charge in [0.1, 0.15) is 4.21 Å². The standard InChI is InChI=1S/C14H26N2O2S2/c1-5-7-8-16(12(3)6-2)20(17,18)14-9-13(10-15-4)11-19-14/h9,11-12,15H,5-8,10H2,1-4H3. The summed E-state index contributed by atoms with van der Waals surface area (Å²) >= 11 is 1.32. The quantitative estimate of drug-likeness (QED) is 0.761. The minimum absolute atomic E-state index is 0.0430. The van der Waals surface area contributed by atoms with Crippen molar-refractivity contribution in [2.24, 2.45) is 0 Å². The summed E-state index contributed by atoms with van der Waals surface area (Å²) in [4.78, 5) is 0. The Balaban J connectivity index is 3.01. The monoisotopic (exact) mass is 318 g/mol. The molecule has 0 aliphatic carbocycles. The van der Waals surface area contributed by atoms with Gasteiger partial charge in [0.15, 0.2) is 0 Å². The van der Waals surface area contributed by atoms with Gasteiger partial charge in [-0.05, 0) is 43.8 Å². The maximum absolute atomic E-state index is 12.8. The third-order valence-electron chi connectivity index (χ3n) is 3.39. The van der Waals surface area contributed by atoms with Crippen LogP contribution in [-0.2, 0) is 16.6 Å². The fourth-order valence-electron chi connectivity index (χ4n) is 2.00. The van der Waals surface area contributed by atoms with Gasteiger partial charge in [-0.15, -0.1) is 11.3 Å². The molecule has 1 aromatic heterocycles. The van der Waals surface area contributed by atoms with Crippen LogP contribution < -0.4 is 5.32 Å². The lowest BCUT2D eigenvalue weighted by Crippen LogP contribution is -2.38. The maximum atomic E-state index is 12.8. The molecule has 1 N–H and O–H groups in total. The van der Waals surface area contributed by atoms with Gasteiger partial charge in [-0.2, -0.15) is 4.31 Å². The van der Waals surface area contributed by atoms with E-state index in [0.717, 1.165) is 24.8 Å². The average Bonchev–Trinajstić information content (AvgIpc) is 2.88. The molecule has 1 heterocycles. The minimum Gasteiger partial charge on any atom is -0.316 e. The predicted octanol–water partition coefficient (Wildman–Crippen LogP) is 3.06. The molecule has 6 heteroatoms. The summed E-state index contributed by atoms with van der Waals surface area (Å²) in [5.41, 5.74) is 1.02. The van der Waals surface area contributed by atoms with Crippen molar-refractivity contribution in [3.63, 3.8) is 0 Å². The minimum atomic E-state index is -3.36. The molecule has 4 nitrogen and oxygen atoms in total. The highest BCUT2D eigenvalue weighted by atomic mass is 32.2. The number of hydrogen-bond acceptors (Lipinski definition) is 4. The van der Waals surface area contributed by atoms with Crippen molar-refractivity contribution < 1.29 is 8.42 Å². The second-order valence-corrected chi connectivity index (χ2v) is 8.06. The molecule has 0 fully saturated rings. The molecule has 0 amide bonds. The first-order valence-corrected chi connectivity index (χ1v) is 9.53. The normalized spacial score (nSPS) is 13.8. The van der Waals surface area contributed by atoms with Crippen LogP contribution in [0.15, 0.2) is 15.7 Å². The van der Waals surface area contributed by atoms with Crippen LogP contribution in [-0.4, -0.2) is 32.4 Å². The maximum Gasteiger partial charge on any atom is 0.252 e. The Labute approximate surface area is 127 Å². The van der Waals surface area contributed by atoms with Crippen molar-refractivity contribution >= 4 is 21.4 Å². The Hall–Kier alpha value is -0.430. The van der Waals surface area contributed by atoms with E-state index in [2.05, 4.69) is 12.2 Å². The topological polar surface area (TPSA) is 49.4 Å². The molecule has 116 valence electrons. The molecule has 20 heavy (non-hydrogen) atoms. The number of thiophene rings is 1. The summed E-state index contributed by atoms with van der Waals surface area (Å²) in [5, 5.41) is 4.96. The van der Waals surface area contributed by atoms with Crippen LogP contribution in [0.4, 0.5) is 0 Å². The third kappa shape index (κ3) is 4.28. The van der Waals surface area contributed by atoms with E-state index in [1.165, 1.54) is 11.3 Å². The van der Waals surface area contributed by atoms with E-state index in [4.69, 9.17) is 0 Å². The molecule has 1 aromatic rings. The van der Waals surface area contributed by atoms with E-state index < -0.39 is 10.0 Å². The first-order chi connectivity index (χ1) is 9.47. The van der Waals surface area contributed by atoms with Crippen molar-refractivity contribution in [2.45, 2.75) is 56.8 Å². The summed E-state index contributed by atoms with van der Waals surface area (Å²) in [5.74, 6) is 0. The van der Waals surface area contributed by atoms with Gasteiger partial charge >= 0.3 is 0 Å². The first-order valence-electron chi connectivity index (χ1n) is 7.21. The van der Waals surface area contributed by atoms with Gasteiger partial charge in [0.25, 0.3) is 10.0 Å². The molecule has 0 saturated heterocycles. The molecule has 1 unspecified atom stereocenters. The predicted molar refractivity (Wildman–Crippen MR) is 85.6 cm³/mol. The number of hydrogen-bond donors (Lipinski definition) is 1. The van der Waals surface area contributed by atoms with E-state index in [9.17, 15) is 8.42 Å². The fraction of sp³-hybridized carbons (Fsp3) is 0.714. The highest BCUT2D eigenvalue weighted by Crippen LogP contribution is 2.26. The average molecular weight is 319 g/mol. The van der Waals surface area contributed by atoms with E-state index in [1.54, 1.807) is 10.4 Å². The molecule has 0 saturated carbocycles. The lowest BCUT2D eigenvalue weighted by molar-refractivity contribution is 0.325. The Morgan fingerprint density at radius 1 is 1.40 bits per heavy atom. The molecule has 0 aliphatic rings. The molecule has 1 atom stereocenters. The SMILES string of the molecule is CCCCN(C(C)CC)S(=O)(=O)c1cc(CNC)cs1. The van der Waals surface area contributed by atoms with Crippen LogP contribution in [0.1, 0.15) is 45.6 Å². The highest BCUT2D eigenvalue weighted by Gasteiger charge is 2.29. The molecule has 0 spiro atoms. The number of rotatable bonds is 9. The Kier molecular flexibility index (Phi) is 7.15. The first kappa shape index (κ1) is 17.6. The van der Waals surface area contributed by atoms with Gasteiger partial charge in [-0.1, -0.05) is 20.3 Å². The summed E-state index contributed by atoms with van der Waals surface area (Å²) in [7, 11) is -1.50. The zero-order chi connectivity index (χ0) is 15.2. The van der Waals surface area contributed by atoms with E-state index >= 15 is 0 Å². The van der Waals surface area contributed by atoms with Gasteiger partial charge in [0.2, 0.25) is 0 Å². The van der Waals surface area contributed by atoms with Gasteiger partial charge < -0.3 is 5.32 Å². The van der Waals surface area contributed by atoms with Crippen molar-refractivity contribution in [1.29, 1.82) is 0 Å². The second kappa shape index (κ2) is 8.12. The second-order valence-electron chi connectivity index (χ2n) is 5.03. The lowest BCUT2D eigenvalue weighted by Gasteiger charge is -2.26. The van der Waals surface area contributed by atoms with Gasteiger partial charge in [-0.25, -0.2) is 8.42 Å². The third-order valence-corrected chi connectivity index (χ3v) is 6.87. The lowest BCUT2D eigenvalue weighted by atomic mass is 10.2. The Bertz CT molecular complexity index is 497. The van der Waals surface area contributed by atoms with Crippen LogP contribution in [0.3, 0.4) is 0 Å². The van der Waals surface area contributed by atoms with E-state index in [1.807, 2.05) is 26.3 Å². The molecule has 0 radical (unpaired) electrons. The summed E-state index contributed by atoms with van der Waals surface area (Å²) in [6.45, 7) is 7.39. The summed E-state index contributed by atoms with van der Waals surface area (Å²) < 4.78 is 27.7. The van der Waals surface area contributed by atoms with Crippen molar-refractivity contribution in [1.82, 2.24) is 9.62 Å². The number of unbranched alkanes of at least 4 members (excludes halogenated alkanes) is 1. The zero-order valence-electron chi connectivity index (χ0n) is 12.8. The molecular weight excluding hydrogens is 292 g/mol. The fourth-order valence-corrected chi connectivity index (χ4v) is 5.08. The van der Waals surface area contributed by atoms with Crippen LogP contribution in [0.25, 0.3) is 0 Å². The molecule has 0 aliphatic heterocycles. The number of nitrogens with zero attached hydrogens (tertiary/aromatic N) is 1. The molecule has 0 aromatic carbocycles. The van der Waals surface area contributed by atoms with Crippen LogP contribution in [0, 0.1) is 0 Å². The van der Waals surface area contributed by atoms with Crippen LogP contribution in [0.2, 0.25) is 0 Å². The van der Waals surface area contributed by atoms with Gasteiger partial charge in [0.05, 0.1) is 0 Å². The highest BCUT2D eigenvalue weighted by molar-refractivity contribution is 7.91. The molecule has 1 rings (SSSR count). The smallest absolute Gasteiger partial charge is 0.252 e. The van der Waals surface area contributed by atoms with Crippen molar-refractivity contribution in [3.05, 3.63) is 17.0 Å². The number of nitrogens with one attached hydrogen (secondary N) is 1. The van der Waals surface area contributed by atoms with E-state index in [-0.39, 0.29) is 6.04 Å². The van der Waals surface area contributed by atoms with Crippen molar-refractivity contribution in [3.8, 4) is 0 Å². The Morgan fingerprint density at radius 2 is 2.10 bits per heavy atom. The summed E-state index contributed by atoms with van der Waals surface area (Å²) in [6, 6.07) is 1.83. The largest absolute Gasteiger partial charge is 0.316 e. The van der Waals surface area contributed by atoms with Crippen LogP contribution >= 0.6 is 11.3 Å². The van der Waals surface area contributed by atoms with E-state index in [0.29, 0.717) is 17.3 Å². The zero-order valence-corrected chi connectivity index (χ0v) is 14.5. The summed E-state index contributed by atoms with van der Waals surface area (Å²) in [6.07, 6.45) is 2.73. The molecular formula is C14H26N2O2S2. The van der Waals surface area contributed by atoms with Gasteiger partial charge in [-0.3, -0.25) is 0 Å². The van der Waals surface area contributed by atoms with Crippen LogP contribution in [0.5, 0.6) is 0 Å². The number of sulfonamides is 1. The van der Waals surface area contributed by atoms with Crippen molar-refractivity contribution in [2.75, 3.05) is 13.6 Å².